The number of hydrogen-bond acceptors (Lipinski definition) is 2. The predicted molar refractivity (Wildman–Crippen MR) is 90.5 cm³/mol. The average molecular weight is 352 g/mol. The molecule has 2 nitrogen and oxygen atoms in total. The lowest BCUT2D eigenvalue weighted by molar-refractivity contribution is 0.0198. The number of ether oxygens (including phenoxy) is 1. The van der Waals surface area contributed by atoms with Gasteiger partial charge in [0.15, 0.2) is 0 Å². The molecule has 21 heavy (non-hydrogen) atoms. The SMILES string of the molecule is CC(C)C1CCCC2(CC1)C[C@@H](N)c1cc(Br)ccc1O2. The molecular weight excluding hydrogens is 326 g/mol. The molecule has 1 fully saturated rings. The van der Waals surface area contributed by atoms with E-state index in [0.29, 0.717) is 0 Å². The van der Waals surface area contributed by atoms with Gasteiger partial charge >= 0.3 is 0 Å². The lowest BCUT2D eigenvalue weighted by Crippen LogP contribution is -2.42. The number of rotatable bonds is 1. The number of fused-ring (bicyclic) bond motifs is 1. The Morgan fingerprint density at radius 1 is 1.29 bits per heavy atom. The van der Waals surface area contributed by atoms with Crippen LogP contribution < -0.4 is 10.5 Å². The van der Waals surface area contributed by atoms with Gasteiger partial charge in [0.05, 0.1) is 0 Å². The molecule has 3 atom stereocenters. The zero-order valence-electron chi connectivity index (χ0n) is 13.1. The second-order valence-corrected chi connectivity index (χ2v) is 8.13. The molecule has 3 rings (SSSR count). The van der Waals surface area contributed by atoms with Gasteiger partial charge in [0, 0.05) is 22.5 Å². The van der Waals surface area contributed by atoms with Crippen LogP contribution >= 0.6 is 15.9 Å². The van der Waals surface area contributed by atoms with E-state index in [1.165, 1.54) is 19.3 Å². The molecular formula is C18H26BrNO. The highest BCUT2D eigenvalue weighted by molar-refractivity contribution is 9.10. The molecule has 1 spiro atoms. The van der Waals surface area contributed by atoms with Gasteiger partial charge < -0.3 is 10.5 Å². The summed E-state index contributed by atoms with van der Waals surface area (Å²) < 4.78 is 7.57. The molecule has 0 aromatic heterocycles. The predicted octanol–water partition coefficient (Wildman–Crippen LogP) is 5.21. The summed E-state index contributed by atoms with van der Waals surface area (Å²) in [6, 6.07) is 6.34. The maximum absolute atomic E-state index is 6.49. The maximum atomic E-state index is 6.49. The van der Waals surface area contributed by atoms with Crippen molar-refractivity contribution in [1.82, 2.24) is 0 Å². The van der Waals surface area contributed by atoms with Gasteiger partial charge in [0.1, 0.15) is 11.4 Å². The molecule has 0 saturated heterocycles. The van der Waals surface area contributed by atoms with E-state index in [1.807, 2.05) is 0 Å². The number of nitrogens with two attached hydrogens (primary N) is 1. The van der Waals surface area contributed by atoms with Crippen molar-refractivity contribution in [3.8, 4) is 5.75 Å². The summed E-state index contributed by atoms with van der Waals surface area (Å²) in [4.78, 5) is 0. The average Bonchev–Trinajstić information content (AvgIpc) is 2.63. The molecule has 2 unspecified atom stereocenters. The fourth-order valence-electron chi connectivity index (χ4n) is 4.06. The van der Waals surface area contributed by atoms with Gasteiger partial charge in [-0.2, -0.15) is 0 Å². The molecule has 1 aliphatic carbocycles. The van der Waals surface area contributed by atoms with E-state index in [4.69, 9.17) is 10.5 Å². The fourth-order valence-corrected chi connectivity index (χ4v) is 4.44. The van der Waals surface area contributed by atoms with Gasteiger partial charge in [-0.1, -0.05) is 36.2 Å². The van der Waals surface area contributed by atoms with Crippen LogP contribution in [-0.2, 0) is 0 Å². The van der Waals surface area contributed by atoms with E-state index >= 15 is 0 Å². The summed E-state index contributed by atoms with van der Waals surface area (Å²) in [5.74, 6) is 2.62. The van der Waals surface area contributed by atoms with E-state index in [9.17, 15) is 0 Å². The Morgan fingerprint density at radius 3 is 2.86 bits per heavy atom. The van der Waals surface area contributed by atoms with Gasteiger partial charge in [-0.05, 0) is 55.7 Å². The highest BCUT2D eigenvalue weighted by Crippen LogP contribution is 2.46. The van der Waals surface area contributed by atoms with Crippen molar-refractivity contribution in [2.24, 2.45) is 17.6 Å². The van der Waals surface area contributed by atoms with Gasteiger partial charge in [-0.15, -0.1) is 0 Å². The van der Waals surface area contributed by atoms with Crippen LogP contribution in [0.3, 0.4) is 0 Å². The van der Waals surface area contributed by atoms with Crippen LogP contribution in [0.5, 0.6) is 5.75 Å². The Kier molecular flexibility index (Phi) is 4.33. The first kappa shape index (κ1) is 15.4. The summed E-state index contributed by atoms with van der Waals surface area (Å²) in [7, 11) is 0. The molecule has 0 radical (unpaired) electrons. The van der Waals surface area contributed by atoms with Crippen LogP contribution in [0.2, 0.25) is 0 Å². The zero-order chi connectivity index (χ0) is 15.0. The monoisotopic (exact) mass is 351 g/mol. The molecule has 0 bridgehead atoms. The molecule has 116 valence electrons. The van der Waals surface area contributed by atoms with Crippen LogP contribution in [0.15, 0.2) is 22.7 Å². The van der Waals surface area contributed by atoms with Gasteiger partial charge in [0.25, 0.3) is 0 Å². The van der Waals surface area contributed by atoms with E-state index < -0.39 is 0 Å². The summed E-state index contributed by atoms with van der Waals surface area (Å²) in [6.07, 6.45) is 7.14. The highest BCUT2D eigenvalue weighted by atomic mass is 79.9. The van der Waals surface area contributed by atoms with Crippen molar-refractivity contribution in [2.75, 3.05) is 0 Å². The summed E-state index contributed by atoms with van der Waals surface area (Å²) >= 11 is 3.53. The van der Waals surface area contributed by atoms with E-state index in [0.717, 1.165) is 46.9 Å². The third-order valence-electron chi connectivity index (χ3n) is 5.41. The summed E-state index contributed by atoms with van der Waals surface area (Å²) in [6.45, 7) is 4.70. The minimum atomic E-state index is -0.0239. The largest absolute Gasteiger partial charge is 0.487 e. The first-order chi connectivity index (χ1) is 9.99. The zero-order valence-corrected chi connectivity index (χ0v) is 14.7. The first-order valence-corrected chi connectivity index (χ1v) is 9.02. The second kappa shape index (κ2) is 5.92. The Hall–Kier alpha value is -0.540. The van der Waals surface area contributed by atoms with Crippen LogP contribution in [0, 0.1) is 11.8 Å². The number of halogens is 1. The number of hydrogen-bond donors (Lipinski definition) is 1. The molecule has 1 heterocycles. The highest BCUT2D eigenvalue weighted by Gasteiger charge is 2.41. The van der Waals surface area contributed by atoms with Crippen molar-refractivity contribution >= 4 is 15.9 Å². The fraction of sp³-hybridized carbons (Fsp3) is 0.667. The van der Waals surface area contributed by atoms with Crippen LogP contribution in [0.1, 0.15) is 64.0 Å². The van der Waals surface area contributed by atoms with Crippen molar-refractivity contribution in [3.05, 3.63) is 28.2 Å². The quantitative estimate of drug-likeness (QED) is 0.753. The Bertz CT molecular complexity index is 516. The third-order valence-corrected chi connectivity index (χ3v) is 5.90. The minimum Gasteiger partial charge on any atom is -0.487 e. The normalized spacial score (nSPS) is 32.6. The van der Waals surface area contributed by atoms with Crippen LogP contribution in [0.25, 0.3) is 0 Å². The molecule has 0 amide bonds. The summed E-state index contributed by atoms with van der Waals surface area (Å²) in [5.41, 5.74) is 7.59. The summed E-state index contributed by atoms with van der Waals surface area (Å²) in [5, 5.41) is 0. The topological polar surface area (TPSA) is 35.2 Å². The van der Waals surface area contributed by atoms with Gasteiger partial charge in [-0.25, -0.2) is 0 Å². The lowest BCUT2D eigenvalue weighted by Gasteiger charge is -2.41. The molecule has 1 saturated carbocycles. The van der Waals surface area contributed by atoms with E-state index in [2.05, 4.69) is 48.0 Å². The van der Waals surface area contributed by atoms with Crippen molar-refractivity contribution in [2.45, 2.75) is 64.0 Å². The molecule has 2 aliphatic rings. The second-order valence-electron chi connectivity index (χ2n) is 7.21. The standard InChI is InChI=1S/C18H26BrNO/c1-12(2)13-4-3-8-18(9-7-13)11-16(20)15-10-14(19)5-6-17(15)21-18/h5-6,10,12-13,16H,3-4,7-9,11,20H2,1-2H3/t13?,16-,18?/m1/s1. The Labute approximate surface area is 136 Å². The number of benzene rings is 1. The third kappa shape index (κ3) is 3.14. The molecule has 2 N–H and O–H groups in total. The molecule has 3 heteroatoms. The maximum Gasteiger partial charge on any atom is 0.124 e. The van der Waals surface area contributed by atoms with Crippen molar-refractivity contribution in [3.63, 3.8) is 0 Å². The Morgan fingerprint density at radius 2 is 2.10 bits per heavy atom. The van der Waals surface area contributed by atoms with Gasteiger partial charge in [0.2, 0.25) is 0 Å². The lowest BCUT2D eigenvalue weighted by atomic mass is 9.81. The Balaban J connectivity index is 1.82. The van der Waals surface area contributed by atoms with Crippen LogP contribution in [0.4, 0.5) is 0 Å². The first-order valence-electron chi connectivity index (χ1n) is 8.23. The smallest absolute Gasteiger partial charge is 0.124 e. The minimum absolute atomic E-state index is 0.0239. The van der Waals surface area contributed by atoms with Crippen molar-refractivity contribution < 1.29 is 4.74 Å². The van der Waals surface area contributed by atoms with E-state index in [-0.39, 0.29) is 11.6 Å². The van der Waals surface area contributed by atoms with Gasteiger partial charge in [-0.3, -0.25) is 0 Å². The molecule has 1 aromatic rings. The van der Waals surface area contributed by atoms with Crippen LogP contribution in [-0.4, -0.2) is 5.60 Å². The van der Waals surface area contributed by atoms with Crippen molar-refractivity contribution in [1.29, 1.82) is 0 Å². The van der Waals surface area contributed by atoms with E-state index in [1.54, 1.807) is 0 Å². The molecule has 1 aliphatic heterocycles. The molecule has 1 aromatic carbocycles.